The van der Waals surface area contributed by atoms with Crippen LogP contribution >= 0.6 is 0 Å². The number of hydrogen-bond acceptors (Lipinski definition) is 2. The SMILES string of the molecule is O=C(Nc1cc[c]cc1)c1ccc2c(c1)CCO2. The molecule has 1 heterocycles. The second kappa shape index (κ2) is 4.53. The molecule has 1 aliphatic rings. The highest BCUT2D eigenvalue weighted by atomic mass is 16.5. The molecule has 0 saturated carbocycles. The molecule has 0 aliphatic carbocycles. The molecule has 1 aliphatic heterocycles. The van der Waals surface area contributed by atoms with Crippen LogP contribution in [-0.4, -0.2) is 12.5 Å². The zero-order chi connectivity index (χ0) is 12.4. The van der Waals surface area contributed by atoms with Crippen LogP contribution < -0.4 is 10.1 Å². The maximum absolute atomic E-state index is 12.1. The molecule has 3 nitrogen and oxygen atoms in total. The smallest absolute Gasteiger partial charge is 0.255 e. The van der Waals surface area contributed by atoms with Gasteiger partial charge in [0.15, 0.2) is 0 Å². The average molecular weight is 238 g/mol. The van der Waals surface area contributed by atoms with Crippen molar-refractivity contribution in [2.45, 2.75) is 6.42 Å². The van der Waals surface area contributed by atoms with E-state index in [-0.39, 0.29) is 5.91 Å². The van der Waals surface area contributed by atoms with Crippen molar-refractivity contribution < 1.29 is 9.53 Å². The molecular weight excluding hydrogens is 226 g/mol. The average Bonchev–Trinajstić information content (AvgIpc) is 2.87. The Morgan fingerprint density at radius 2 is 2.06 bits per heavy atom. The molecule has 3 heteroatoms. The normalized spacial score (nSPS) is 12.7. The fourth-order valence-corrected chi connectivity index (χ4v) is 2.00. The second-order valence-electron chi connectivity index (χ2n) is 4.16. The third-order valence-electron chi connectivity index (χ3n) is 2.93. The lowest BCUT2D eigenvalue weighted by Crippen LogP contribution is -2.11. The van der Waals surface area contributed by atoms with Gasteiger partial charge in [0.2, 0.25) is 0 Å². The Morgan fingerprint density at radius 3 is 2.89 bits per heavy atom. The van der Waals surface area contributed by atoms with E-state index < -0.39 is 0 Å². The Bertz CT molecular complexity index is 578. The van der Waals surface area contributed by atoms with Gasteiger partial charge in [0.05, 0.1) is 6.61 Å². The first-order valence-electron chi connectivity index (χ1n) is 5.86. The third kappa shape index (κ3) is 2.07. The summed E-state index contributed by atoms with van der Waals surface area (Å²) >= 11 is 0. The molecule has 0 atom stereocenters. The summed E-state index contributed by atoms with van der Waals surface area (Å²) in [4.78, 5) is 12.1. The van der Waals surface area contributed by atoms with E-state index in [9.17, 15) is 4.79 Å². The molecule has 0 fully saturated rings. The summed E-state index contributed by atoms with van der Waals surface area (Å²) in [7, 11) is 0. The van der Waals surface area contributed by atoms with Crippen molar-refractivity contribution in [3.8, 4) is 5.75 Å². The number of fused-ring (bicyclic) bond motifs is 1. The number of hydrogen-bond donors (Lipinski definition) is 1. The molecule has 0 aromatic heterocycles. The van der Waals surface area contributed by atoms with Crippen LogP contribution in [0, 0.1) is 6.07 Å². The molecule has 1 radical (unpaired) electrons. The van der Waals surface area contributed by atoms with Gasteiger partial charge in [0, 0.05) is 17.7 Å². The zero-order valence-corrected chi connectivity index (χ0v) is 9.77. The topological polar surface area (TPSA) is 38.3 Å². The predicted octanol–water partition coefficient (Wildman–Crippen LogP) is 2.67. The van der Waals surface area contributed by atoms with Gasteiger partial charge in [0.25, 0.3) is 5.91 Å². The van der Waals surface area contributed by atoms with Crippen molar-refractivity contribution in [3.63, 3.8) is 0 Å². The van der Waals surface area contributed by atoms with Gasteiger partial charge in [-0.2, -0.15) is 0 Å². The molecule has 2 aromatic carbocycles. The number of carbonyl (C=O) groups is 1. The van der Waals surface area contributed by atoms with Gasteiger partial charge < -0.3 is 10.1 Å². The standard InChI is InChI=1S/C15H12NO2/c17-15(16-13-4-2-1-3-5-13)12-6-7-14-11(10-12)8-9-18-14/h2-7,10H,8-9H2,(H,16,17). The highest BCUT2D eigenvalue weighted by molar-refractivity contribution is 6.04. The van der Waals surface area contributed by atoms with E-state index >= 15 is 0 Å². The maximum atomic E-state index is 12.1. The highest BCUT2D eigenvalue weighted by Crippen LogP contribution is 2.26. The molecular formula is C15H12NO2. The molecule has 3 rings (SSSR count). The quantitative estimate of drug-likeness (QED) is 0.873. The van der Waals surface area contributed by atoms with Crippen molar-refractivity contribution in [2.75, 3.05) is 11.9 Å². The van der Waals surface area contributed by atoms with Gasteiger partial charge in [-0.3, -0.25) is 4.79 Å². The van der Waals surface area contributed by atoms with Crippen LogP contribution in [0.1, 0.15) is 15.9 Å². The largest absolute Gasteiger partial charge is 0.493 e. The summed E-state index contributed by atoms with van der Waals surface area (Å²) in [6.07, 6.45) is 0.872. The number of anilines is 1. The van der Waals surface area contributed by atoms with Crippen LogP contribution in [-0.2, 0) is 6.42 Å². The summed E-state index contributed by atoms with van der Waals surface area (Å²) < 4.78 is 5.42. The number of rotatable bonds is 2. The van der Waals surface area contributed by atoms with Crippen LogP contribution in [0.4, 0.5) is 5.69 Å². The van der Waals surface area contributed by atoms with Gasteiger partial charge >= 0.3 is 0 Å². The minimum Gasteiger partial charge on any atom is -0.493 e. The van der Waals surface area contributed by atoms with E-state index in [0.29, 0.717) is 12.2 Å². The predicted molar refractivity (Wildman–Crippen MR) is 68.9 cm³/mol. The Morgan fingerprint density at radius 1 is 1.22 bits per heavy atom. The van der Waals surface area contributed by atoms with E-state index in [1.165, 1.54) is 0 Å². The fraction of sp³-hybridized carbons (Fsp3) is 0.133. The monoisotopic (exact) mass is 238 g/mol. The number of carbonyl (C=O) groups excluding carboxylic acids is 1. The molecule has 2 aromatic rings. The summed E-state index contributed by atoms with van der Waals surface area (Å²) in [5, 5.41) is 2.85. The van der Waals surface area contributed by atoms with Crippen molar-refractivity contribution in [2.24, 2.45) is 0 Å². The first-order chi connectivity index (χ1) is 8.83. The summed E-state index contributed by atoms with van der Waals surface area (Å²) in [6, 6.07) is 15.6. The van der Waals surface area contributed by atoms with Crippen LogP contribution in [0.2, 0.25) is 0 Å². The lowest BCUT2D eigenvalue weighted by Gasteiger charge is -2.06. The van der Waals surface area contributed by atoms with Crippen molar-refractivity contribution in [1.82, 2.24) is 0 Å². The van der Waals surface area contributed by atoms with Gasteiger partial charge in [-0.1, -0.05) is 12.1 Å². The van der Waals surface area contributed by atoms with Crippen LogP contribution in [0.3, 0.4) is 0 Å². The summed E-state index contributed by atoms with van der Waals surface area (Å²) in [6.45, 7) is 0.703. The minimum atomic E-state index is -0.101. The number of ether oxygens (including phenoxy) is 1. The Balaban J connectivity index is 1.81. The third-order valence-corrected chi connectivity index (χ3v) is 2.93. The maximum Gasteiger partial charge on any atom is 0.255 e. The molecule has 89 valence electrons. The molecule has 0 unspecified atom stereocenters. The number of benzene rings is 2. The first kappa shape index (κ1) is 10.8. The van der Waals surface area contributed by atoms with Crippen molar-refractivity contribution >= 4 is 11.6 Å². The van der Waals surface area contributed by atoms with Crippen LogP contribution in [0.25, 0.3) is 0 Å². The summed E-state index contributed by atoms with van der Waals surface area (Å²) in [5.41, 5.74) is 2.53. The Labute approximate surface area is 105 Å². The molecule has 0 bridgehead atoms. The van der Waals surface area contributed by atoms with Gasteiger partial charge in [-0.05, 0) is 42.0 Å². The van der Waals surface area contributed by atoms with Gasteiger partial charge in [-0.25, -0.2) is 0 Å². The summed E-state index contributed by atoms with van der Waals surface area (Å²) in [5.74, 6) is 0.789. The van der Waals surface area contributed by atoms with Crippen molar-refractivity contribution in [3.05, 3.63) is 59.7 Å². The lowest BCUT2D eigenvalue weighted by molar-refractivity contribution is 0.102. The van der Waals surface area contributed by atoms with Gasteiger partial charge in [0.1, 0.15) is 5.75 Å². The van der Waals surface area contributed by atoms with Gasteiger partial charge in [-0.15, -0.1) is 0 Å². The van der Waals surface area contributed by atoms with E-state index in [4.69, 9.17) is 4.74 Å². The first-order valence-corrected chi connectivity index (χ1v) is 5.86. The number of nitrogens with one attached hydrogen (secondary N) is 1. The molecule has 0 spiro atoms. The second-order valence-corrected chi connectivity index (χ2v) is 4.16. The fourth-order valence-electron chi connectivity index (χ4n) is 2.00. The van der Waals surface area contributed by atoms with Crippen LogP contribution in [0.15, 0.2) is 42.5 Å². The Hall–Kier alpha value is -2.29. The van der Waals surface area contributed by atoms with E-state index in [1.54, 1.807) is 18.2 Å². The Kier molecular flexibility index (Phi) is 2.73. The van der Waals surface area contributed by atoms with E-state index in [1.807, 2.05) is 24.3 Å². The molecule has 18 heavy (non-hydrogen) atoms. The van der Waals surface area contributed by atoms with Crippen LogP contribution in [0.5, 0.6) is 5.75 Å². The molecule has 1 N–H and O–H groups in total. The lowest BCUT2D eigenvalue weighted by atomic mass is 10.1. The zero-order valence-electron chi connectivity index (χ0n) is 9.77. The molecule has 1 amide bonds. The van der Waals surface area contributed by atoms with Crippen molar-refractivity contribution in [1.29, 1.82) is 0 Å². The highest BCUT2D eigenvalue weighted by Gasteiger charge is 2.14. The number of amides is 1. The van der Waals surface area contributed by atoms with E-state index in [0.717, 1.165) is 23.4 Å². The molecule has 0 saturated heterocycles. The minimum absolute atomic E-state index is 0.101. The van der Waals surface area contributed by atoms with E-state index in [2.05, 4.69) is 11.4 Å².